The molecule has 1 rings (SSSR count). The molecular weight excluding hydrogens is 202 g/mol. The molecule has 1 aromatic rings. The summed E-state index contributed by atoms with van der Waals surface area (Å²) < 4.78 is 1.76. The van der Waals surface area contributed by atoms with Crippen LogP contribution >= 0.6 is 11.6 Å². The first kappa shape index (κ1) is 11.0. The lowest BCUT2D eigenvalue weighted by Gasteiger charge is -1.99. The molecule has 4 nitrogen and oxygen atoms in total. The summed E-state index contributed by atoms with van der Waals surface area (Å²) in [5.74, 6) is 0.503. The minimum absolute atomic E-state index is 0.0127. The van der Waals surface area contributed by atoms with Gasteiger partial charge in [0.25, 0.3) is 0 Å². The van der Waals surface area contributed by atoms with Crippen LogP contribution in [0.3, 0.4) is 0 Å². The maximum Gasteiger partial charge on any atom is 0.224 e. The van der Waals surface area contributed by atoms with Crippen LogP contribution in [0.2, 0.25) is 0 Å². The molecule has 0 aliphatic rings. The van der Waals surface area contributed by atoms with Gasteiger partial charge in [-0.3, -0.25) is 9.48 Å². The number of hydrogen-bond acceptors (Lipinski definition) is 2. The van der Waals surface area contributed by atoms with Gasteiger partial charge in [0.05, 0.1) is 11.9 Å². The molecule has 0 bridgehead atoms. The molecule has 5 heteroatoms. The predicted molar refractivity (Wildman–Crippen MR) is 56.5 cm³/mol. The third kappa shape index (κ3) is 3.38. The van der Waals surface area contributed by atoms with E-state index >= 15 is 0 Å². The van der Waals surface area contributed by atoms with Crippen LogP contribution in [-0.4, -0.2) is 21.6 Å². The zero-order valence-electron chi connectivity index (χ0n) is 8.16. The number of carbonyl (C=O) groups excluding carboxylic acids is 1. The van der Waals surface area contributed by atoms with Crippen molar-refractivity contribution in [1.82, 2.24) is 9.78 Å². The molecule has 0 atom stereocenters. The Bertz CT molecular complexity index is 298. The molecule has 0 radical (unpaired) electrons. The normalized spacial score (nSPS) is 10.1. The van der Waals surface area contributed by atoms with E-state index in [1.807, 2.05) is 6.92 Å². The number of nitrogens with zero attached hydrogens (tertiary/aromatic N) is 2. The molecule has 0 aliphatic heterocycles. The summed E-state index contributed by atoms with van der Waals surface area (Å²) in [7, 11) is 0. The van der Waals surface area contributed by atoms with Gasteiger partial charge in [-0.15, -0.1) is 11.6 Å². The summed E-state index contributed by atoms with van der Waals surface area (Å²) in [5, 5.41) is 6.79. The van der Waals surface area contributed by atoms with E-state index < -0.39 is 0 Å². The van der Waals surface area contributed by atoms with Crippen LogP contribution in [-0.2, 0) is 11.3 Å². The van der Waals surface area contributed by atoms with Crippen LogP contribution in [0, 0.1) is 0 Å². The van der Waals surface area contributed by atoms with Crippen molar-refractivity contribution in [3.63, 3.8) is 0 Å². The summed E-state index contributed by atoms with van der Waals surface area (Å²) in [5.41, 5.74) is 0.742. The number of aryl methyl sites for hydroxylation is 1. The fourth-order valence-corrected chi connectivity index (χ4v) is 1.19. The average molecular weight is 216 g/mol. The molecule has 1 N–H and O–H groups in total. The van der Waals surface area contributed by atoms with Gasteiger partial charge in [-0.1, -0.05) is 0 Å². The van der Waals surface area contributed by atoms with Crippen molar-refractivity contribution in [2.45, 2.75) is 26.3 Å². The van der Waals surface area contributed by atoms with Crippen molar-refractivity contribution in [3.8, 4) is 0 Å². The zero-order valence-corrected chi connectivity index (χ0v) is 8.92. The maximum absolute atomic E-state index is 11.3. The van der Waals surface area contributed by atoms with E-state index in [4.69, 9.17) is 11.6 Å². The standard InChI is InChI=1S/C9H14ClN3O/c1-2-13-7-8(6-11-13)12-9(14)4-3-5-10/h6-7H,2-5H2,1H3,(H,12,14). The fraction of sp³-hybridized carbons (Fsp3) is 0.556. The highest BCUT2D eigenvalue weighted by Gasteiger charge is 2.03. The van der Waals surface area contributed by atoms with Crippen LogP contribution in [0.1, 0.15) is 19.8 Å². The van der Waals surface area contributed by atoms with Crippen LogP contribution < -0.4 is 5.32 Å². The lowest BCUT2D eigenvalue weighted by molar-refractivity contribution is -0.116. The van der Waals surface area contributed by atoms with Gasteiger partial charge in [-0.25, -0.2) is 0 Å². The highest BCUT2D eigenvalue weighted by molar-refractivity contribution is 6.18. The number of amides is 1. The van der Waals surface area contributed by atoms with E-state index in [0.717, 1.165) is 12.2 Å². The van der Waals surface area contributed by atoms with E-state index in [2.05, 4.69) is 10.4 Å². The quantitative estimate of drug-likeness (QED) is 0.763. The molecule has 1 aromatic heterocycles. The first-order valence-electron chi connectivity index (χ1n) is 4.64. The maximum atomic E-state index is 11.3. The summed E-state index contributed by atoms with van der Waals surface area (Å²) in [6, 6.07) is 0. The minimum Gasteiger partial charge on any atom is -0.323 e. The number of anilines is 1. The first-order chi connectivity index (χ1) is 6.76. The van der Waals surface area contributed by atoms with Gasteiger partial charge in [0.15, 0.2) is 0 Å². The van der Waals surface area contributed by atoms with E-state index in [9.17, 15) is 4.79 Å². The Kier molecular flexibility index (Phi) is 4.46. The SMILES string of the molecule is CCn1cc(NC(=O)CCCCl)cn1. The molecular formula is C9H14ClN3O. The number of aromatic nitrogens is 2. The van der Waals surface area contributed by atoms with E-state index in [-0.39, 0.29) is 5.91 Å². The summed E-state index contributed by atoms with van der Waals surface area (Å²) in [6.45, 7) is 2.80. The predicted octanol–water partition coefficient (Wildman–Crippen LogP) is 1.86. The smallest absolute Gasteiger partial charge is 0.224 e. The molecule has 78 valence electrons. The van der Waals surface area contributed by atoms with Crippen molar-refractivity contribution >= 4 is 23.2 Å². The highest BCUT2D eigenvalue weighted by Crippen LogP contribution is 2.05. The topological polar surface area (TPSA) is 46.9 Å². The molecule has 0 saturated carbocycles. The first-order valence-corrected chi connectivity index (χ1v) is 5.18. The number of hydrogen-bond donors (Lipinski definition) is 1. The lowest BCUT2D eigenvalue weighted by atomic mass is 10.3. The van der Waals surface area contributed by atoms with Gasteiger partial charge in [0, 0.05) is 25.0 Å². The third-order valence-electron chi connectivity index (χ3n) is 1.78. The van der Waals surface area contributed by atoms with Gasteiger partial charge >= 0.3 is 0 Å². The lowest BCUT2D eigenvalue weighted by Crippen LogP contribution is -2.10. The summed E-state index contributed by atoms with van der Waals surface area (Å²) in [4.78, 5) is 11.3. The Morgan fingerprint density at radius 1 is 1.71 bits per heavy atom. The Balaban J connectivity index is 2.39. The van der Waals surface area contributed by atoms with Crippen LogP contribution in [0.4, 0.5) is 5.69 Å². The molecule has 0 fully saturated rings. The Morgan fingerprint density at radius 2 is 2.50 bits per heavy atom. The molecule has 14 heavy (non-hydrogen) atoms. The van der Waals surface area contributed by atoms with Crippen molar-refractivity contribution < 1.29 is 4.79 Å². The van der Waals surface area contributed by atoms with E-state index in [1.165, 1.54) is 0 Å². The summed E-state index contributed by atoms with van der Waals surface area (Å²) in [6.07, 6.45) is 4.61. The Labute approximate surface area is 88.2 Å². The number of halogens is 1. The van der Waals surface area contributed by atoms with Gasteiger partial charge in [0.1, 0.15) is 0 Å². The number of nitrogens with one attached hydrogen (secondary N) is 1. The monoisotopic (exact) mass is 215 g/mol. The second-order valence-electron chi connectivity index (χ2n) is 2.93. The van der Waals surface area contributed by atoms with Crippen LogP contribution in [0.15, 0.2) is 12.4 Å². The largest absolute Gasteiger partial charge is 0.323 e. The molecule has 1 amide bonds. The molecule has 0 saturated heterocycles. The molecule has 1 heterocycles. The minimum atomic E-state index is -0.0127. The number of carbonyl (C=O) groups is 1. The molecule has 0 spiro atoms. The Morgan fingerprint density at radius 3 is 3.07 bits per heavy atom. The van der Waals surface area contributed by atoms with E-state index in [1.54, 1.807) is 17.1 Å². The van der Waals surface area contributed by atoms with Crippen molar-refractivity contribution in [2.75, 3.05) is 11.2 Å². The third-order valence-corrected chi connectivity index (χ3v) is 2.05. The average Bonchev–Trinajstić information content (AvgIpc) is 2.62. The van der Waals surface area contributed by atoms with Gasteiger partial charge < -0.3 is 5.32 Å². The fourth-order valence-electron chi connectivity index (χ4n) is 1.05. The highest BCUT2D eigenvalue weighted by atomic mass is 35.5. The second-order valence-corrected chi connectivity index (χ2v) is 3.30. The second kappa shape index (κ2) is 5.65. The van der Waals surface area contributed by atoms with Crippen molar-refractivity contribution in [1.29, 1.82) is 0 Å². The van der Waals surface area contributed by atoms with Gasteiger partial charge in [-0.2, -0.15) is 5.10 Å². The molecule has 0 unspecified atom stereocenters. The summed E-state index contributed by atoms with van der Waals surface area (Å²) >= 11 is 5.48. The van der Waals surface area contributed by atoms with Gasteiger partial charge in [-0.05, 0) is 13.3 Å². The Hall–Kier alpha value is -1.03. The van der Waals surface area contributed by atoms with Crippen LogP contribution in [0.25, 0.3) is 0 Å². The van der Waals surface area contributed by atoms with Crippen molar-refractivity contribution in [2.24, 2.45) is 0 Å². The van der Waals surface area contributed by atoms with Crippen molar-refractivity contribution in [3.05, 3.63) is 12.4 Å². The van der Waals surface area contributed by atoms with Gasteiger partial charge in [0.2, 0.25) is 5.91 Å². The number of alkyl halides is 1. The van der Waals surface area contributed by atoms with Crippen LogP contribution in [0.5, 0.6) is 0 Å². The molecule has 0 aliphatic carbocycles. The molecule has 0 aromatic carbocycles. The number of rotatable bonds is 5. The van der Waals surface area contributed by atoms with E-state index in [0.29, 0.717) is 18.7 Å². The zero-order chi connectivity index (χ0) is 10.4.